The van der Waals surface area contributed by atoms with E-state index in [-0.39, 0.29) is 12.6 Å². The predicted molar refractivity (Wildman–Crippen MR) is 122 cm³/mol. The highest BCUT2D eigenvalue weighted by atomic mass is 19.4. The highest BCUT2D eigenvalue weighted by Gasteiger charge is 2.47. The molecule has 1 saturated heterocycles. The number of rotatable bonds is 9. The number of phenols is 1. The summed E-state index contributed by atoms with van der Waals surface area (Å²) in [6.45, 7) is 6.82. The van der Waals surface area contributed by atoms with Crippen molar-refractivity contribution in [2.45, 2.75) is 83.0 Å². The highest BCUT2D eigenvalue weighted by Crippen LogP contribution is 2.51. The van der Waals surface area contributed by atoms with Gasteiger partial charge in [-0.05, 0) is 99.4 Å². The number of likely N-dealkylation sites (tertiary alicyclic amines) is 1. The van der Waals surface area contributed by atoms with Gasteiger partial charge < -0.3 is 10.0 Å². The second-order valence-corrected chi connectivity index (χ2v) is 10.7. The van der Waals surface area contributed by atoms with E-state index in [9.17, 15) is 18.3 Å². The van der Waals surface area contributed by atoms with Crippen molar-refractivity contribution in [1.29, 1.82) is 0 Å². The summed E-state index contributed by atoms with van der Waals surface area (Å²) >= 11 is 0. The third-order valence-electron chi connectivity index (χ3n) is 8.47. The van der Waals surface area contributed by atoms with Crippen molar-refractivity contribution in [3.63, 3.8) is 0 Å². The lowest BCUT2D eigenvalue weighted by molar-refractivity contribution is -0.138. The van der Waals surface area contributed by atoms with Crippen molar-refractivity contribution in [3.05, 3.63) is 29.3 Å². The van der Waals surface area contributed by atoms with Crippen molar-refractivity contribution in [2.75, 3.05) is 26.7 Å². The van der Waals surface area contributed by atoms with Gasteiger partial charge in [0.25, 0.3) is 0 Å². The van der Waals surface area contributed by atoms with E-state index in [0.29, 0.717) is 29.5 Å². The van der Waals surface area contributed by atoms with Crippen LogP contribution in [0.5, 0.6) is 5.75 Å². The predicted octanol–water partition coefficient (Wildman–Crippen LogP) is 5.82. The van der Waals surface area contributed by atoms with Gasteiger partial charge in [-0.1, -0.05) is 13.0 Å². The number of aromatic hydroxyl groups is 1. The van der Waals surface area contributed by atoms with Crippen LogP contribution in [0.1, 0.15) is 69.4 Å². The molecule has 3 nitrogen and oxygen atoms in total. The molecule has 180 valence electrons. The van der Waals surface area contributed by atoms with Crippen molar-refractivity contribution in [2.24, 2.45) is 17.8 Å². The first kappa shape index (κ1) is 23.9. The number of fused-ring (bicyclic) bond motifs is 3. The molecule has 0 aromatic heterocycles. The summed E-state index contributed by atoms with van der Waals surface area (Å²) in [7, 11) is 1.84. The molecule has 1 saturated carbocycles. The number of hydrogen-bond donors (Lipinski definition) is 1. The minimum Gasteiger partial charge on any atom is -0.508 e. The second-order valence-electron chi connectivity index (χ2n) is 10.7. The SMILES string of the molecule is CCC(CCC1C2c3cc(O)ccc3CC2CN(CC2CC2)C1C)N(C)CCC(F)(F)F. The minimum absolute atomic E-state index is 0.0682. The monoisotopic (exact) mass is 452 g/mol. The number of alkyl halides is 3. The Bertz CT molecular complexity index is 779. The van der Waals surface area contributed by atoms with Gasteiger partial charge in [-0.15, -0.1) is 0 Å². The van der Waals surface area contributed by atoms with Crippen molar-refractivity contribution in [3.8, 4) is 5.75 Å². The van der Waals surface area contributed by atoms with Crippen LogP contribution >= 0.6 is 0 Å². The molecule has 0 spiro atoms. The zero-order chi connectivity index (χ0) is 23.0. The molecule has 0 radical (unpaired) electrons. The van der Waals surface area contributed by atoms with Gasteiger partial charge in [0.2, 0.25) is 0 Å². The van der Waals surface area contributed by atoms with Gasteiger partial charge in [-0.2, -0.15) is 13.2 Å². The summed E-state index contributed by atoms with van der Waals surface area (Å²) in [5.41, 5.74) is 2.69. The zero-order valence-corrected chi connectivity index (χ0v) is 19.7. The van der Waals surface area contributed by atoms with E-state index in [2.05, 4.69) is 24.8 Å². The Morgan fingerprint density at radius 3 is 2.66 bits per heavy atom. The molecule has 5 unspecified atom stereocenters. The summed E-state index contributed by atoms with van der Waals surface area (Å²) < 4.78 is 38.2. The fourth-order valence-electron chi connectivity index (χ4n) is 6.44. The van der Waals surface area contributed by atoms with Crippen molar-refractivity contribution in [1.82, 2.24) is 9.80 Å². The van der Waals surface area contributed by atoms with E-state index >= 15 is 0 Å². The normalized spacial score (nSPS) is 29.2. The Balaban J connectivity index is 1.49. The smallest absolute Gasteiger partial charge is 0.390 e. The number of benzene rings is 1. The molecule has 1 N–H and O–H groups in total. The van der Waals surface area contributed by atoms with Gasteiger partial charge in [0.05, 0.1) is 6.42 Å². The molecule has 2 aliphatic carbocycles. The lowest BCUT2D eigenvalue weighted by Gasteiger charge is -2.47. The first-order valence-electron chi connectivity index (χ1n) is 12.5. The number of halogens is 3. The average molecular weight is 453 g/mol. The van der Waals surface area contributed by atoms with Gasteiger partial charge in [0.15, 0.2) is 0 Å². The van der Waals surface area contributed by atoms with Crippen LogP contribution in [0.25, 0.3) is 0 Å². The fraction of sp³-hybridized carbons (Fsp3) is 0.769. The van der Waals surface area contributed by atoms with E-state index < -0.39 is 12.6 Å². The van der Waals surface area contributed by atoms with Crippen molar-refractivity contribution < 1.29 is 18.3 Å². The van der Waals surface area contributed by atoms with Crippen LogP contribution in [0.2, 0.25) is 0 Å². The summed E-state index contributed by atoms with van der Waals surface area (Å²) in [6, 6.07) is 6.51. The van der Waals surface area contributed by atoms with E-state index in [0.717, 1.165) is 38.1 Å². The van der Waals surface area contributed by atoms with E-state index in [1.165, 1.54) is 30.5 Å². The Labute approximate surface area is 191 Å². The van der Waals surface area contributed by atoms with Crippen LogP contribution in [0.15, 0.2) is 18.2 Å². The molecule has 3 aliphatic rings. The Hall–Kier alpha value is -1.27. The van der Waals surface area contributed by atoms with Gasteiger partial charge >= 0.3 is 6.18 Å². The summed E-state index contributed by atoms with van der Waals surface area (Å²) in [4.78, 5) is 4.61. The topological polar surface area (TPSA) is 26.7 Å². The molecule has 5 atom stereocenters. The van der Waals surface area contributed by atoms with Crippen LogP contribution in [-0.4, -0.2) is 59.8 Å². The summed E-state index contributed by atoms with van der Waals surface area (Å²) in [6.07, 6.45) is 1.74. The van der Waals surface area contributed by atoms with E-state index in [4.69, 9.17) is 0 Å². The lowest BCUT2D eigenvalue weighted by Crippen LogP contribution is -2.51. The Morgan fingerprint density at radius 1 is 1.25 bits per heavy atom. The minimum atomic E-state index is -4.10. The molecule has 1 heterocycles. The molecule has 1 aromatic carbocycles. The molecule has 0 bridgehead atoms. The van der Waals surface area contributed by atoms with Crippen LogP contribution in [0.3, 0.4) is 0 Å². The summed E-state index contributed by atoms with van der Waals surface area (Å²) in [5.74, 6) is 2.69. The second kappa shape index (κ2) is 9.54. The van der Waals surface area contributed by atoms with Crippen LogP contribution in [0, 0.1) is 17.8 Å². The standard InChI is InChI=1S/C26H39F3N2O/c1-4-21(30(3)12-11-26(27,28)29)8-10-23-17(2)31(15-18-5-6-18)16-20-13-19-7-9-22(32)14-24(19)25(20)23/h7,9,14,17-18,20-21,23,25,32H,4-6,8,10-13,15-16H2,1-3H3. The molecular formula is C26H39F3N2O. The first-order valence-corrected chi connectivity index (χ1v) is 12.5. The van der Waals surface area contributed by atoms with Crippen LogP contribution in [-0.2, 0) is 6.42 Å². The van der Waals surface area contributed by atoms with E-state index in [1.54, 1.807) is 6.07 Å². The maximum Gasteiger partial charge on any atom is 0.390 e. The Morgan fingerprint density at radius 2 is 2.00 bits per heavy atom. The van der Waals surface area contributed by atoms with Crippen LogP contribution < -0.4 is 0 Å². The van der Waals surface area contributed by atoms with Crippen LogP contribution in [0.4, 0.5) is 13.2 Å². The largest absolute Gasteiger partial charge is 0.508 e. The highest BCUT2D eigenvalue weighted by molar-refractivity contribution is 5.42. The number of phenolic OH excluding ortho intramolecular Hbond substituents is 1. The molecule has 0 amide bonds. The summed E-state index contributed by atoms with van der Waals surface area (Å²) in [5, 5.41) is 10.2. The lowest BCUT2D eigenvalue weighted by atomic mass is 9.71. The van der Waals surface area contributed by atoms with Gasteiger partial charge in [0, 0.05) is 31.7 Å². The fourth-order valence-corrected chi connectivity index (χ4v) is 6.44. The number of piperidine rings is 1. The van der Waals surface area contributed by atoms with Gasteiger partial charge in [-0.3, -0.25) is 4.90 Å². The zero-order valence-electron chi connectivity index (χ0n) is 19.7. The maximum absolute atomic E-state index is 12.7. The molecule has 1 aliphatic heterocycles. The molecular weight excluding hydrogens is 413 g/mol. The first-order chi connectivity index (χ1) is 15.2. The molecule has 1 aromatic rings. The molecule has 6 heteroatoms. The number of nitrogens with zero attached hydrogens (tertiary/aromatic N) is 2. The van der Waals surface area contributed by atoms with Gasteiger partial charge in [-0.25, -0.2) is 0 Å². The average Bonchev–Trinajstić information content (AvgIpc) is 3.48. The third-order valence-corrected chi connectivity index (χ3v) is 8.47. The third kappa shape index (κ3) is 5.44. The Kier molecular flexibility index (Phi) is 7.11. The van der Waals surface area contributed by atoms with Crippen molar-refractivity contribution >= 4 is 0 Å². The molecule has 32 heavy (non-hydrogen) atoms. The number of hydrogen-bond acceptors (Lipinski definition) is 3. The molecule has 4 rings (SSSR count). The van der Waals surface area contributed by atoms with Gasteiger partial charge in [0.1, 0.15) is 5.75 Å². The molecule has 2 fully saturated rings. The van der Waals surface area contributed by atoms with E-state index in [1.807, 2.05) is 18.0 Å². The quantitative estimate of drug-likeness (QED) is 0.511. The maximum atomic E-state index is 12.7.